The van der Waals surface area contributed by atoms with Gasteiger partial charge in [0.05, 0.1) is 26.4 Å². The van der Waals surface area contributed by atoms with Crippen LogP contribution < -0.4 is 0 Å². The van der Waals surface area contributed by atoms with Crippen molar-refractivity contribution < 1.29 is 80.2 Å². The molecule has 0 rings (SSSR count). The fraction of sp³-hybridized carbons (Fsp3) is 0.938. The van der Waals surface area contributed by atoms with E-state index in [0.717, 1.165) is 115 Å². The number of hydrogen-bond acceptors (Lipinski definition) is 15. The molecule has 498 valence electrons. The first-order valence-corrected chi connectivity index (χ1v) is 37.0. The van der Waals surface area contributed by atoms with E-state index in [1.54, 1.807) is 0 Å². The van der Waals surface area contributed by atoms with Crippen LogP contribution in [0.2, 0.25) is 0 Å². The van der Waals surface area contributed by atoms with E-state index in [-0.39, 0.29) is 25.7 Å². The van der Waals surface area contributed by atoms with Gasteiger partial charge in [0.2, 0.25) is 0 Å². The molecule has 0 aliphatic carbocycles. The largest absolute Gasteiger partial charge is 0.472 e. The van der Waals surface area contributed by atoms with Gasteiger partial charge in [-0.05, 0) is 37.5 Å². The van der Waals surface area contributed by atoms with E-state index in [1.165, 1.54) is 128 Å². The molecule has 0 radical (unpaired) electrons. The van der Waals surface area contributed by atoms with Crippen LogP contribution in [0.4, 0.5) is 0 Å². The molecular weight excluding hydrogens is 1110 g/mol. The van der Waals surface area contributed by atoms with Crippen LogP contribution in [-0.4, -0.2) is 96.7 Å². The third kappa shape index (κ3) is 59.0. The van der Waals surface area contributed by atoms with Crippen molar-refractivity contribution in [2.75, 3.05) is 39.6 Å². The van der Waals surface area contributed by atoms with Crippen LogP contribution in [0.1, 0.15) is 324 Å². The molecule has 0 aromatic rings. The Morgan fingerprint density at radius 2 is 0.548 bits per heavy atom. The summed E-state index contributed by atoms with van der Waals surface area (Å²) in [5.74, 6) is -0.692. The average Bonchev–Trinajstić information content (AvgIpc) is 3.45. The standard InChI is InChI=1S/C65H126O17P2/c1-7-9-11-13-15-16-17-18-19-20-21-22-31-37-43-49-64(69)81-61(54-76-63(68)48-42-36-30-25-23-28-33-39-45-57(3)4)56-80-84(73,74)78-52-59(66)51-77-83(71,72)79-55-60(53-75-62(67)47-41-35-27-14-12-10-8-2)82-65(70)50-44-38-32-26-24-29-34-40-46-58(5)6/h57-61,66H,7-56H2,1-6H3,(H,71,72)(H,73,74)/t59-,60+,61+/m0/s1. The zero-order chi connectivity index (χ0) is 62.2. The molecule has 0 aliphatic rings. The minimum absolute atomic E-state index is 0.104. The van der Waals surface area contributed by atoms with Crippen molar-refractivity contribution in [3.63, 3.8) is 0 Å². The number of unbranched alkanes of at least 4 members (excludes halogenated alkanes) is 34. The smallest absolute Gasteiger partial charge is 0.462 e. The Morgan fingerprint density at radius 1 is 0.321 bits per heavy atom. The summed E-state index contributed by atoms with van der Waals surface area (Å²) in [6.07, 6.45) is 40.5. The van der Waals surface area contributed by atoms with Crippen LogP contribution >= 0.6 is 15.6 Å². The summed E-state index contributed by atoms with van der Waals surface area (Å²) < 4.78 is 68.0. The Hall–Kier alpha value is -1.94. The third-order valence-electron chi connectivity index (χ3n) is 15.0. The van der Waals surface area contributed by atoms with Crippen LogP contribution in [0.5, 0.6) is 0 Å². The Morgan fingerprint density at radius 3 is 0.810 bits per heavy atom. The Labute approximate surface area is 511 Å². The van der Waals surface area contributed by atoms with Crippen molar-refractivity contribution in [2.45, 2.75) is 342 Å². The number of carbonyl (C=O) groups excluding carboxylic acids is 4. The average molecular weight is 1240 g/mol. The lowest BCUT2D eigenvalue weighted by Gasteiger charge is -2.21. The molecule has 19 heteroatoms. The number of esters is 4. The Balaban J connectivity index is 5.21. The van der Waals surface area contributed by atoms with Crippen molar-refractivity contribution in [1.29, 1.82) is 0 Å². The Bertz CT molecular complexity index is 1650. The molecule has 0 amide bonds. The molecule has 3 N–H and O–H groups in total. The molecule has 5 atom stereocenters. The van der Waals surface area contributed by atoms with Gasteiger partial charge in [0, 0.05) is 25.7 Å². The van der Waals surface area contributed by atoms with E-state index in [1.807, 2.05) is 0 Å². The van der Waals surface area contributed by atoms with E-state index >= 15 is 0 Å². The second-order valence-corrected chi connectivity index (χ2v) is 27.4. The molecule has 0 bridgehead atoms. The lowest BCUT2D eigenvalue weighted by Crippen LogP contribution is -2.30. The van der Waals surface area contributed by atoms with Gasteiger partial charge in [-0.2, -0.15) is 0 Å². The first kappa shape index (κ1) is 82.1. The molecule has 0 saturated heterocycles. The van der Waals surface area contributed by atoms with Crippen molar-refractivity contribution in [3.05, 3.63) is 0 Å². The number of phosphoric acid groups is 2. The van der Waals surface area contributed by atoms with Gasteiger partial charge in [0.15, 0.2) is 12.2 Å². The van der Waals surface area contributed by atoms with Crippen molar-refractivity contribution >= 4 is 39.5 Å². The number of phosphoric ester groups is 2. The van der Waals surface area contributed by atoms with Gasteiger partial charge < -0.3 is 33.8 Å². The fourth-order valence-electron chi connectivity index (χ4n) is 9.71. The summed E-state index contributed by atoms with van der Waals surface area (Å²) in [6.45, 7) is 9.39. The highest BCUT2D eigenvalue weighted by Crippen LogP contribution is 2.45. The number of carbonyl (C=O) groups is 4. The Kier molecular flexibility index (Phi) is 56.2. The molecule has 0 aromatic heterocycles. The van der Waals surface area contributed by atoms with Crippen molar-refractivity contribution in [3.8, 4) is 0 Å². The van der Waals surface area contributed by atoms with Crippen LogP contribution in [0.3, 0.4) is 0 Å². The lowest BCUT2D eigenvalue weighted by molar-refractivity contribution is -0.161. The van der Waals surface area contributed by atoms with Gasteiger partial charge in [-0.1, -0.05) is 273 Å². The summed E-state index contributed by atoms with van der Waals surface area (Å²) in [5.41, 5.74) is 0. The van der Waals surface area contributed by atoms with Crippen LogP contribution in [-0.2, 0) is 65.4 Å². The first-order valence-electron chi connectivity index (χ1n) is 34.0. The van der Waals surface area contributed by atoms with E-state index < -0.39 is 97.5 Å². The van der Waals surface area contributed by atoms with Gasteiger partial charge in [0.1, 0.15) is 19.3 Å². The summed E-state index contributed by atoms with van der Waals surface area (Å²) >= 11 is 0. The van der Waals surface area contributed by atoms with Crippen LogP contribution in [0.25, 0.3) is 0 Å². The number of aliphatic hydroxyl groups is 1. The maximum absolute atomic E-state index is 13.0. The number of hydrogen-bond donors (Lipinski definition) is 3. The summed E-state index contributed by atoms with van der Waals surface area (Å²) in [7, 11) is -9.89. The van der Waals surface area contributed by atoms with Crippen molar-refractivity contribution in [2.24, 2.45) is 11.8 Å². The maximum atomic E-state index is 13.0. The first-order chi connectivity index (χ1) is 40.4. The SMILES string of the molecule is CCCCCCCCCCCCCCCCCC(=O)O[C@H](COC(=O)CCCCCCCCCCC(C)C)COP(=O)(O)OC[C@@H](O)COP(=O)(O)OC[C@@H](COC(=O)CCCCCCCCC)OC(=O)CCCCCCCCCCC(C)C. The predicted octanol–water partition coefficient (Wildman–Crippen LogP) is 18.0. The zero-order valence-electron chi connectivity index (χ0n) is 54.2. The van der Waals surface area contributed by atoms with E-state index in [9.17, 15) is 43.2 Å². The molecule has 0 aliphatic heterocycles. The fourth-order valence-corrected chi connectivity index (χ4v) is 11.3. The normalized spacial score (nSPS) is 14.3. The quantitative estimate of drug-likeness (QED) is 0.0222. The molecule has 84 heavy (non-hydrogen) atoms. The lowest BCUT2D eigenvalue weighted by atomic mass is 10.0. The second-order valence-electron chi connectivity index (χ2n) is 24.5. The van der Waals surface area contributed by atoms with Crippen molar-refractivity contribution in [1.82, 2.24) is 0 Å². The van der Waals surface area contributed by atoms with Gasteiger partial charge in [0.25, 0.3) is 0 Å². The zero-order valence-corrected chi connectivity index (χ0v) is 56.0. The summed E-state index contributed by atoms with van der Waals surface area (Å²) in [4.78, 5) is 72.2. The second kappa shape index (κ2) is 57.5. The number of ether oxygens (including phenoxy) is 4. The molecule has 0 fully saturated rings. The molecule has 17 nitrogen and oxygen atoms in total. The van der Waals surface area contributed by atoms with Gasteiger partial charge >= 0.3 is 39.5 Å². The molecule has 0 aromatic carbocycles. The van der Waals surface area contributed by atoms with Gasteiger partial charge in [-0.3, -0.25) is 37.3 Å². The molecule has 0 heterocycles. The molecule has 0 saturated carbocycles. The van der Waals surface area contributed by atoms with Crippen LogP contribution in [0, 0.1) is 11.8 Å². The van der Waals surface area contributed by atoms with E-state index in [2.05, 4.69) is 41.5 Å². The third-order valence-corrected chi connectivity index (χ3v) is 16.9. The molecular formula is C65H126O17P2. The summed E-state index contributed by atoms with van der Waals surface area (Å²) in [6, 6.07) is 0. The van der Waals surface area contributed by atoms with E-state index in [4.69, 9.17) is 37.0 Å². The monoisotopic (exact) mass is 1240 g/mol. The highest BCUT2D eigenvalue weighted by Gasteiger charge is 2.30. The van der Waals surface area contributed by atoms with Gasteiger partial charge in [-0.25, -0.2) is 9.13 Å². The maximum Gasteiger partial charge on any atom is 0.472 e. The minimum atomic E-state index is -4.95. The van der Waals surface area contributed by atoms with E-state index in [0.29, 0.717) is 25.7 Å². The topological polar surface area (TPSA) is 237 Å². The highest BCUT2D eigenvalue weighted by atomic mass is 31.2. The van der Waals surface area contributed by atoms with Crippen LogP contribution in [0.15, 0.2) is 0 Å². The molecule has 0 spiro atoms. The highest BCUT2D eigenvalue weighted by molar-refractivity contribution is 7.47. The summed E-state index contributed by atoms with van der Waals surface area (Å²) in [5, 5.41) is 10.5. The van der Waals surface area contributed by atoms with Gasteiger partial charge in [-0.15, -0.1) is 0 Å². The number of rotatable bonds is 64. The molecule has 2 unspecified atom stereocenters. The predicted molar refractivity (Wildman–Crippen MR) is 335 cm³/mol. The number of aliphatic hydroxyl groups excluding tert-OH is 1. The minimum Gasteiger partial charge on any atom is -0.462 e.